The minimum atomic E-state index is -0.00671. The summed E-state index contributed by atoms with van der Waals surface area (Å²) in [5.41, 5.74) is 3.42. The third-order valence-electron chi connectivity index (χ3n) is 1.98. The van der Waals surface area contributed by atoms with Crippen LogP contribution in [0.3, 0.4) is 0 Å². The lowest BCUT2D eigenvalue weighted by molar-refractivity contribution is -0.121. The van der Waals surface area contributed by atoms with Crippen molar-refractivity contribution in [2.24, 2.45) is 5.10 Å². The molecule has 0 aliphatic rings. The standard InChI is InChI=1S/C11H16N2OS/c1-3-4-7-11(14)13-12-9(2)10-6-5-8-15-10/h5-6,8H,3-4,7H2,1-2H3,(H,13,14)/b12-9+. The van der Waals surface area contributed by atoms with E-state index in [2.05, 4.69) is 17.5 Å². The number of hydrazone groups is 1. The fourth-order valence-electron chi connectivity index (χ4n) is 1.08. The van der Waals surface area contributed by atoms with Gasteiger partial charge in [0.25, 0.3) is 0 Å². The molecule has 15 heavy (non-hydrogen) atoms. The Morgan fingerprint density at radius 1 is 1.60 bits per heavy atom. The van der Waals surface area contributed by atoms with Gasteiger partial charge >= 0.3 is 0 Å². The zero-order valence-electron chi connectivity index (χ0n) is 9.12. The van der Waals surface area contributed by atoms with Gasteiger partial charge in [0.1, 0.15) is 0 Å². The number of carbonyl (C=O) groups is 1. The normalized spacial score (nSPS) is 11.5. The van der Waals surface area contributed by atoms with Gasteiger partial charge in [-0.2, -0.15) is 5.10 Å². The van der Waals surface area contributed by atoms with Crippen LogP contribution in [-0.2, 0) is 4.79 Å². The van der Waals surface area contributed by atoms with Gasteiger partial charge in [0.2, 0.25) is 5.91 Å². The Hall–Kier alpha value is -1.16. The summed E-state index contributed by atoms with van der Waals surface area (Å²) in [6, 6.07) is 3.96. The van der Waals surface area contributed by atoms with Crippen LogP contribution < -0.4 is 5.43 Å². The minimum absolute atomic E-state index is 0.00671. The maximum absolute atomic E-state index is 11.3. The fraction of sp³-hybridized carbons (Fsp3) is 0.455. The first-order valence-electron chi connectivity index (χ1n) is 5.11. The molecule has 1 N–H and O–H groups in total. The Bertz CT molecular complexity index is 330. The van der Waals surface area contributed by atoms with Crippen LogP contribution in [0, 0.1) is 0 Å². The summed E-state index contributed by atoms with van der Waals surface area (Å²) >= 11 is 1.62. The van der Waals surface area contributed by atoms with Crippen LogP contribution >= 0.6 is 11.3 Å². The van der Waals surface area contributed by atoms with Gasteiger partial charge in [-0.1, -0.05) is 19.4 Å². The first kappa shape index (κ1) is 11.9. The van der Waals surface area contributed by atoms with Gasteiger partial charge < -0.3 is 0 Å². The van der Waals surface area contributed by atoms with E-state index in [1.165, 1.54) is 0 Å². The smallest absolute Gasteiger partial charge is 0.240 e. The fourth-order valence-corrected chi connectivity index (χ4v) is 1.76. The Morgan fingerprint density at radius 2 is 2.40 bits per heavy atom. The van der Waals surface area contributed by atoms with Gasteiger partial charge in [-0.15, -0.1) is 11.3 Å². The van der Waals surface area contributed by atoms with Crippen LogP contribution in [0.25, 0.3) is 0 Å². The Balaban J connectivity index is 2.40. The molecule has 1 rings (SSSR count). The summed E-state index contributed by atoms with van der Waals surface area (Å²) < 4.78 is 0. The van der Waals surface area contributed by atoms with Crippen LogP contribution in [-0.4, -0.2) is 11.6 Å². The molecule has 0 spiro atoms. The molecule has 1 heterocycles. The first-order valence-corrected chi connectivity index (χ1v) is 5.99. The second-order valence-corrected chi connectivity index (χ2v) is 4.26. The summed E-state index contributed by atoms with van der Waals surface area (Å²) in [6.07, 6.45) is 2.50. The van der Waals surface area contributed by atoms with E-state index in [0.717, 1.165) is 23.4 Å². The van der Waals surface area contributed by atoms with Gasteiger partial charge in [-0.25, -0.2) is 5.43 Å². The van der Waals surface area contributed by atoms with E-state index in [1.807, 2.05) is 24.4 Å². The van der Waals surface area contributed by atoms with Crippen molar-refractivity contribution < 1.29 is 4.79 Å². The quantitative estimate of drug-likeness (QED) is 0.606. The molecule has 4 heteroatoms. The molecule has 82 valence electrons. The lowest BCUT2D eigenvalue weighted by Gasteiger charge is -1.99. The molecule has 1 aromatic heterocycles. The molecule has 0 saturated heterocycles. The number of unbranched alkanes of at least 4 members (excludes halogenated alkanes) is 1. The molecule has 0 bridgehead atoms. The molecule has 0 fully saturated rings. The van der Waals surface area contributed by atoms with Crippen molar-refractivity contribution in [1.82, 2.24) is 5.43 Å². The highest BCUT2D eigenvalue weighted by molar-refractivity contribution is 7.12. The van der Waals surface area contributed by atoms with E-state index < -0.39 is 0 Å². The zero-order valence-corrected chi connectivity index (χ0v) is 9.93. The van der Waals surface area contributed by atoms with Gasteiger partial charge in [-0.05, 0) is 24.8 Å². The van der Waals surface area contributed by atoms with E-state index in [4.69, 9.17) is 0 Å². The molecule has 3 nitrogen and oxygen atoms in total. The highest BCUT2D eigenvalue weighted by Gasteiger charge is 2.00. The maximum atomic E-state index is 11.3. The SMILES string of the molecule is CCCCC(=O)N/N=C(\C)c1cccs1. The molecule has 0 atom stereocenters. The average molecular weight is 224 g/mol. The van der Waals surface area contributed by atoms with Gasteiger partial charge in [0.15, 0.2) is 0 Å². The largest absolute Gasteiger partial charge is 0.273 e. The molecule has 0 radical (unpaired) electrons. The third-order valence-corrected chi connectivity index (χ3v) is 2.96. The number of nitrogens with one attached hydrogen (secondary N) is 1. The van der Waals surface area contributed by atoms with Crippen LogP contribution in [0.2, 0.25) is 0 Å². The van der Waals surface area contributed by atoms with Crippen LogP contribution in [0.1, 0.15) is 38.0 Å². The summed E-state index contributed by atoms with van der Waals surface area (Å²) in [7, 11) is 0. The second kappa shape index (κ2) is 6.35. The van der Waals surface area contributed by atoms with E-state index in [1.54, 1.807) is 11.3 Å². The van der Waals surface area contributed by atoms with Gasteiger partial charge in [0.05, 0.1) is 5.71 Å². The summed E-state index contributed by atoms with van der Waals surface area (Å²) in [5.74, 6) is -0.00671. The predicted molar refractivity (Wildman–Crippen MR) is 64.2 cm³/mol. The van der Waals surface area contributed by atoms with E-state index in [9.17, 15) is 4.79 Å². The average Bonchev–Trinajstić information content (AvgIpc) is 2.76. The molecule has 0 unspecified atom stereocenters. The lowest BCUT2D eigenvalue weighted by atomic mass is 10.2. The number of rotatable bonds is 5. The monoisotopic (exact) mass is 224 g/mol. The molecule has 0 saturated carbocycles. The van der Waals surface area contributed by atoms with Gasteiger partial charge in [-0.3, -0.25) is 4.79 Å². The van der Waals surface area contributed by atoms with Crippen molar-refractivity contribution in [3.05, 3.63) is 22.4 Å². The number of thiophene rings is 1. The predicted octanol–water partition coefficient (Wildman–Crippen LogP) is 2.78. The van der Waals surface area contributed by atoms with Gasteiger partial charge in [0, 0.05) is 11.3 Å². The molecule has 1 aromatic rings. The molecule has 0 aliphatic carbocycles. The summed E-state index contributed by atoms with van der Waals surface area (Å²) in [4.78, 5) is 12.3. The number of hydrogen-bond donors (Lipinski definition) is 1. The Labute approximate surface area is 94.2 Å². The van der Waals surface area contributed by atoms with E-state index in [-0.39, 0.29) is 5.91 Å². The van der Waals surface area contributed by atoms with Crippen molar-refractivity contribution in [3.8, 4) is 0 Å². The van der Waals surface area contributed by atoms with Crippen molar-refractivity contribution in [2.45, 2.75) is 33.1 Å². The summed E-state index contributed by atoms with van der Waals surface area (Å²) in [5, 5.41) is 6.04. The van der Waals surface area contributed by atoms with Crippen molar-refractivity contribution in [3.63, 3.8) is 0 Å². The van der Waals surface area contributed by atoms with Crippen molar-refractivity contribution >= 4 is 23.0 Å². The number of amides is 1. The topological polar surface area (TPSA) is 41.5 Å². The molecular formula is C11H16N2OS. The number of hydrogen-bond acceptors (Lipinski definition) is 3. The zero-order chi connectivity index (χ0) is 11.1. The van der Waals surface area contributed by atoms with Crippen molar-refractivity contribution in [2.75, 3.05) is 0 Å². The molecular weight excluding hydrogens is 208 g/mol. The summed E-state index contributed by atoms with van der Waals surface area (Å²) in [6.45, 7) is 3.96. The highest BCUT2D eigenvalue weighted by Crippen LogP contribution is 2.09. The van der Waals surface area contributed by atoms with Crippen LogP contribution in [0.4, 0.5) is 0 Å². The number of carbonyl (C=O) groups excluding carboxylic acids is 1. The Kier molecular flexibility index (Phi) is 5.04. The first-order chi connectivity index (χ1) is 7.24. The molecule has 0 aromatic carbocycles. The molecule has 0 aliphatic heterocycles. The van der Waals surface area contributed by atoms with Crippen LogP contribution in [0.5, 0.6) is 0 Å². The van der Waals surface area contributed by atoms with Crippen LogP contribution in [0.15, 0.2) is 22.6 Å². The third kappa shape index (κ3) is 4.25. The molecule has 1 amide bonds. The number of nitrogens with zero attached hydrogens (tertiary/aromatic N) is 1. The lowest BCUT2D eigenvalue weighted by Crippen LogP contribution is -2.18. The second-order valence-electron chi connectivity index (χ2n) is 3.31. The Morgan fingerprint density at radius 3 is 3.00 bits per heavy atom. The minimum Gasteiger partial charge on any atom is -0.273 e. The van der Waals surface area contributed by atoms with E-state index >= 15 is 0 Å². The highest BCUT2D eigenvalue weighted by atomic mass is 32.1. The van der Waals surface area contributed by atoms with E-state index in [0.29, 0.717) is 6.42 Å². The maximum Gasteiger partial charge on any atom is 0.240 e. The van der Waals surface area contributed by atoms with Crippen molar-refractivity contribution in [1.29, 1.82) is 0 Å².